The Hall–Kier alpha value is -2.90. The molecule has 1 aliphatic rings. The molecule has 1 fully saturated rings. The van der Waals surface area contributed by atoms with E-state index in [0.717, 1.165) is 25.0 Å². The van der Waals surface area contributed by atoms with Gasteiger partial charge in [0, 0.05) is 17.0 Å². The van der Waals surface area contributed by atoms with Crippen LogP contribution in [0.1, 0.15) is 80.3 Å². The van der Waals surface area contributed by atoms with E-state index in [1.54, 1.807) is 0 Å². The van der Waals surface area contributed by atoms with Gasteiger partial charge in [0.1, 0.15) is 0 Å². The number of hydrogen-bond donors (Lipinski definition) is 2. The number of benzene rings is 1. The number of rotatable bonds is 8. The summed E-state index contributed by atoms with van der Waals surface area (Å²) in [5, 5.41) is 2.93. The lowest BCUT2D eigenvalue weighted by atomic mass is 9.86. The zero-order chi connectivity index (χ0) is 29.7. The number of aromatic nitrogens is 1. The van der Waals surface area contributed by atoms with Gasteiger partial charge in [0.15, 0.2) is 5.92 Å². The lowest BCUT2D eigenvalue weighted by molar-refractivity contribution is -0.254. The summed E-state index contributed by atoms with van der Waals surface area (Å²) in [7, 11) is -3.83. The van der Waals surface area contributed by atoms with Crippen LogP contribution >= 0.6 is 0 Å². The number of alkyl halides is 6. The number of fused-ring (bicyclic) bond motifs is 1. The topological polar surface area (TPSA) is 105 Å². The Balaban J connectivity index is 1.82. The Morgan fingerprint density at radius 3 is 2.25 bits per heavy atom. The van der Waals surface area contributed by atoms with Crippen molar-refractivity contribution >= 4 is 32.7 Å². The van der Waals surface area contributed by atoms with Crippen LogP contribution in [-0.2, 0) is 14.8 Å². The molecule has 1 aromatic heterocycles. The summed E-state index contributed by atoms with van der Waals surface area (Å²) in [6.45, 7) is 1.82. The molecule has 7 nitrogen and oxygen atoms in total. The lowest BCUT2D eigenvalue weighted by Gasteiger charge is -2.29. The van der Waals surface area contributed by atoms with E-state index < -0.39 is 57.8 Å². The average Bonchev–Trinajstić information content (AvgIpc) is 2.82. The Morgan fingerprint density at radius 1 is 0.975 bits per heavy atom. The number of nitrogens with zero attached hydrogens (tertiary/aromatic N) is 1. The van der Waals surface area contributed by atoms with Gasteiger partial charge in [-0.25, -0.2) is 8.42 Å². The van der Waals surface area contributed by atoms with Crippen molar-refractivity contribution in [2.24, 2.45) is 5.92 Å². The van der Waals surface area contributed by atoms with E-state index in [1.807, 2.05) is 6.92 Å². The van der Waals surface area contributed by atoms with E-state index in [9.17, 15) is 44.3 Å². The summed E-state index contributed by atoms with van der Waals surface area (Å²) in [6.07, 6.45) is -6.28. The van der Waals surface area contributed by atoms with Crippen molar-refractivity contribution in [1.29, 1.82) is 0 Å². The number of pyridine rings is 1. The van der Waals surface area contributed by atoms with Crippen LogP contribution in [0.15, 0.2) is 30.3 Å². The van der Waals surface area contributed by atoms with Crippen LogP contribution in [0.25, 0.3) is 10.9 Å². The first-order chi connectivity index (χ1) is 18.6. The molecule has 40 heavy (non-hydrogen) atoms. The predicted molar refractivity (Wildman–Crippen MR) is 136 cm³/mol. The zero-order valence-electron chi connectivity index (χ0n) is 21.7. The monoisotopic (exact) mass is 595 g/mol. The fraction of sp³-hybridized carbons (Fsp3) is 0.577. The van der Waals surface area contributed by atoms with Crippen LogP contribution in [0.4, 0.5) is 26.3 Å². The normalized spacial score (nSPS) is 19.2. The standard InChI is InChI=1S/C26H31F6N3O4S/c1-2-3-14-40(38,39)35-24(37)18-8-6-4-5-7-9-20(18)34-23(36)17-11-12-19-16(15-17)10-13-21(33-19)22(25(27,28)29)26(30,31)32/h10-13,15,18,20,22H,2-9,14H2,1H3,(H,34,36)(H,35,37)/t18?,20-/m0/s1. The molecule has 3 rings (SSSR count). The van der Waals surface area contributed by atoms with Gasteiger partial charge in [-0.1, -0.05) is 45.1 Å². The van der Waals surface area contributed by atoms with Gasteiger partial charge >= 0.3 is 12.4 Å². The van der Waals surface area contributed by atoms with Gasteiger partial charge in [-0.3, -0.25) is 19.3 Å². The quantitative estimate of drug-likeness (QED) is 0.378. The maximum Gasteiger partial charge on any atom is 0.406 e. The molecular formula is C26H31F6N3O4S. The summed E-state index contributed by atoms with van der Waals surface area (Å²) in [5.74, 6) is -6.06. The summed E-state index contributed by atoms with van der Waals surface area (Å²) >= 11 is 0. The third kappa shape index (κ3) is 8.31. The minimum atomic E-state index is -5.59. The summed E-state index contributed by atoms with van der Waals surface area (Å²) in [6, 6.07) is 4.64. The van der Waals surface area contributed by atoms with E-state index in [4.69, 9.17) is 0 Å². The third-order valence-corrected chi connectivity index (χ3v) is 8.20. The number of unbranched alkanes of at least 4 members (excludes halogenated alkanes) is 1. The molecule has 1 aromatic carbocycles. The minimum Gasteiger partial charge on any atom is -0.349 e. The number of nitrogens with one attached hydrogen (secondary N) is 2. The second-order valence-corrected chi connectivity index (χ2v) is 11.8. The smallest absolute Gasteiger partial charge is 0.349 e. The van der Waals surface area contributed by atoms with Gasteiger partial charge in [-0.05, 0) is 43.5 Å². The molecule has 0 radical (unpaired) electrons. The third-order valence-electron chi connectivity index (χ3n) is 6.87. The first-order valence-corrected chi connectivity index (χ1v) is 14.7. The zero-order valence-corrected chi connectivity index (χ0v) is 22.6. The fourth-order valence-electron chi connectivity index (χ4n) is 4.80. The molecule has 1 aliphatic carbocycles. The summed E-state index contributed by atoms with van der Waals surface area (Å²) in [5.41, 5.74) is -1.31. The molecule has 1 saturated carbocycles. The molecule has 0 bridgehead atoms. The molecule has 0 aliphatic heterocycles. The van der Waals surface area contributed by atoms with Crippen LogP contribution in [0.5, 0.6) is 0 Å². The molecule has 1 heterocycles. The molecule has 2 atom stereocenters. The van der Waals surface area contributed by atoms with Gasteiger partial charge in [0.25, 0.3) is 5.91 Å². The summed E-state index contributed by atoms with van der Waals surface area (Å²) < 4.78 is 105. The van der Waals surface area contributed by atoms with Crippen molar-refractivity contribution in [1.82, 2.24) is 15.0 Å². The van der Waals surface area contributed by atoms with Crippen molar-refractivity contribution in [3.63, 3.8) is 0 Å². The highest BCUT2D eigenvalue weighted by atomic mass is 32.2. The van der Waals surface area contributed by atoms with E-state index >= 15 is 0 Å². The Labute approximate surface area is 228 Å². The summed E-state index contributed by atoms with van der Waals surface area (Å²) in [4.78, 5) is 29.6. The van der Waals surface area contributed by atoms with Gasteiger partial charge in [-0.15, -0.1) is 0 Å². The highest BCUT2D eigenvalue weighted by Gasteiger charge is 2.58. The molecule has 14 heteroatoms. The van der Waals surface area contributed by atoms with Gasteiger partial charge in [-0.2, -0.15) is 26.3 Å². The SMILES string of the molecule is CCCCS(=O)(=O)NC(=O)C1CCCCCC[C@@H]1NC(=O)c1ccc2nc(C(C(F)(F)F)C(F)(F)F)ccc2c1. The molecule has 2 aromatic rings. The maximum absolute atomic E-state index is 13.1. The first kappa shape index (κ1) is 31.6. The Kier molecular flexibility index (Phi) is 10.1. The highest BCUT2D eigenvalue weighted by Crippen LogP contribution is 2.45. The number of carbonyl (C=O) groups is 2. The Morgan fingerprint density at radius 2 is 1.62 bits per heavy atom. The second-order valence-electron chi connectivity index (χ2n) is 9.98. The van der Waals surface area contributed by atoms with Crippen molar-refractivity contribution < 1.29 is 44.3 Å². The predicted octanol–water partition coefficient (Wildman–Crippen LogP) is 5.76. The van der Waals surface area contributed by atoms with Crippen molar-refractivity contribution in [2.45, 2.75) is 82.6 Å². The number of halogens is 6. The van der Waals surface area contributed by atoms with E-state index in [2.05, 4.69) is 15.0 Å². The number of amides is 2. The second kappa shape index (κ2) is 12.7. The van der Waals surface area contributed by atoms with Gasteiger partial charge in [0.2, 0.25) is 15.9 Å². The fourth-order valence-corrected chi connectivity index (χ4v) is 6.03. The van der Waals surface area contributed by atoms with Gasteiger partial charge in [0.05, 0.1) is 22.9 Å². The van der Waals surface area contributed by atoms with E-state index in [1.165, 1.54) is 12.1 Å². The molecule has 0 saturated heterocycles. The molecule has 222 valence electrons. The maximum atomic E-state index is 13.1. The average molecular weight is 596 g/mol. The Bertz CT molecular complexity index is 1300. The number of carbonyl (C=O) groups excluding carboxylic acids is 2. The van der Waals surface area contributed by atoms with Crippen LogP contribution < -0.4 is 10.0 Å². The highest BCUT2D eigenvalue weighted by molar-refractivity contribution is 7.90. The first-order valence-electron chi connectivity index (χ1n) is 13.0. The molecular weight excluding hydrogens is 564 g/mol. The van der Waals surface area contributed by atoms with E-state index in [-0.39, 0.29) is 22.2 Å². The van der Waals surface area contributed by atoms with Crippen LogP contribution in [-0.4, -0.2) is 49.4 Å². The van der Waals surface area contributed by atoms with Crippen molar-refractivity contribution in [3.8, 4) is 0 Å². The molecule has 0 spiro atoms. The lowest BCUT2D eigenvalue weighted by Crippen LogP contribution is -2.48. The number of hydrogen-bond acceptors (Lipinski definition) is 5. The minimum absolute atomic E-state index is 0.0574. The molecule has 2 amide bonds. The van der Waals surface area contributed by atoms with Crippen LogP contribution in [0.2, 0.25) is 0 Å². The number of sulfonamides is 1. The van der Waals surface area contributed by atoms with Crippen LogP contribution in [0, 0.1) is 5.92 Å². The van der Waals surface area contributed by atoms with Gasteiger partial charge < -0.3 is 5.32 Å². The van der Waals surface area contributed by atoms with Crippen LogP contribution in [0.3, 0.4) is 0 Å². The molecule has 1 unspecified atom stereocenters. The van der Waals surface area contributed by atoms with Crippen molar-refractivity contribution in [2.75, 3.05) is 5.75 Å². The largest absolute Gasteiger partial charge is 0.406 e. The van der Waals surface area contributed by atoms with E-state index in [0.29, 0.717) is 44.6 Å². The molecule has 2 N–H and O–H groups in total. The van der Waals surface area contributed by atoms with Crippen molar-refractivity contribution in [3.05, 3.63) is 41.6 Å².